The van der Waals surface area contributed by atoms with E-state index in [0.717, 1.165) is 11.1 Å². The van der Waals surface area contributed by atoms with E-state index in [2.05, 4.69) is 0 Å². The van der Waals surface area contributed by atoms with Crippen LogP contribution in [0.15, 0.2) is 66.7 Å². The number of carboxylic acid groups (broad SMARTS) is 1. The molecule has 182 valence electrons. The normalized spacial score (nSPS) is 23.1. The van der Waals surface area contributed by atoms with Crippen molar-refractivity contribution in [3.63, 3.8) is 0 Å². The quantitative estimate of drug-likeness (QED) is 0.261. The van der Waals surface area contributed by atoms with Gasteiger partial charge in [-0.2, -0.15) is 0 Å². The fourth-order valence-electron chi connectivity index (χ4n) is 4.48. The molecule has 4 atom stereocenters. The van der Waals surface area contributed by atoms with Crippen LogP contribution in [-0.2, 0) is 14.3 Å². The molecular formula is C27H32O7. The van der Waals surface area contributed by atoms with E-state index in [4.69, 9.17) is 9.47 Å². The molecule has 0 heterocycles. The number of carbonyl (C=O) groups is 2. The van der Waals surface area contributed by atoms with Gasteiger partial charge in [0.05, 0.1) is 24.2 Å². The van der Waals surface area contributed by atoms with Crippen LogP contribution in [0, 0.1) is 5.92 Å². The van der Waals surface area contributed by atoms with Gasteiger partial charge in [-0.15, -0.1) is 0 Å². The molecule has 0 amide bonds. The predicted molar refractivity (Wildman–Crippen MR) is 127 cm³/mol. The van der Waals surface area contributed by atoms with Crippen LogP contribution in [-0.4, -0.2) is 58.8 Å². The Labute approximate surface area is 199 Å². The number of aliphatic hydroxyl groups is 2. The maximum Gasteiger partial charge on any atom is 0.338 e. The van der Waals surface area contributed by atoms with Gasteiger partial charge >= 0.3 is 11.9 Å². The third-order valence-electron chi connectivity index (χ3n) is 6.27. The maximum absolute atomic E-state index is 13.2. The number of hydrogen-bond donors (Lipinski definition) is 3. The van der Waals surface area contributed by atoms with Crippen LogP contribution >= 0.6 is 0 Å². The number of methoxy groups -OCH3 is 1. The molecule has 0 aliphatic heterocycles. The molecule has 7 nitrogen and oxygen atoms in total. The van der Waals surface area contributed by atoms with Gasteiger partial charge in [0.25, 0.3) is 0 Å². The molecule has 2 aromatic rings. The highest BCUT2D eigenvalue weighted by Crippen LogP contribution is 2.43. The van der Waals surface area contributed by atoms with Gasteiger partial charge in [0, 0.05) is 19.6 Å². The van der Waals surface area contributed by atoms with Crippen LogP contribution in [0.5, 0.6) is 0 Å². The van der Waals surface area contributed by atoms with Gasteiger partial charge in [-0.25, -0.2) is 4.79 Å². The fraction of sp³-hybridized carbons (Fsp3) is 0.407. The number of rotatable bonds is 11. The van der Waals surface area contributed by atoms with Crippen LogP contribution in [0.2, 0.25) is 0 Å². The SMILES string of the molecule is COCCCC(O)C=CC1CCC(O)C1(CC(=O)O)OC(=O)c1cccc(-c2ccccc2)c1. The summed E-state index contributed by atoms with van der Waals surface area (Å²) in [7, 11) is 1.59. The monoisotopic (exact) mass is 468 g/mol. The third-order valence-corrected chi connectivity index (χ3v) is 6.27. The number of hydrogen-bond acceptors (Lipinski definition) is 6. The minimum absolute atomic E-state index is 0.271. The summed E-state index contributed by atoms with van der Waals surface area (Å²) in [6.07, 6.45) is 2.72. The first kappa shape index (κ1) is 25.6. The molecule has 1 aliphatic rings. The lowest BCUT2D eigenvalue weighted by molar-refractivity contribution is -0.150. The molecule has 0 saturated heterocycles. The Bertz CT molecular complexity index is 987. The highest BCUT2D eigenvalue weighted by molar-refractivity contribution is 5.91. The van der Waals surface area contributed by atoms with E-state index < -0.39 is 42.1 Å². The second-order valence-electron chi connectivity index (χ2n) is 8.65. The maximum atomic E-state index is 13.2. The zero-order valence-electron chi connectivity index (χ0n) is 19.3. The minimum atomic E-state index is -1.62. The Morgan fingerprint density at radius 1 is 1.12 bits per heavy atom. The summed E-state index contributed by atoms with van der Waals surface area (Å²) < 4.78 is 10.8. The minimum Gasteiger partial charge on any atom is -0.481 e. The molecule has 0 radical (unpaired) electrons. The van der Waals surface area contributed by atoms with Crippen molar-refractivity contribution in [3.05, 3.63) is 72.3 Å². The zero-order valence-corrected chi connectivity index (χ0v) is 19.3. The van der Waals surface area contributed by atoms with Crippen LogP contribution in [0.4, 0.5) is 0 Å². The number of esters is 1. The fourth-order valence-corrected chi connectivity index (χ4v) is 4.48. The molecule has 2 aromatic carbocycles. The summed E-state index contributed by atoms with van der Waals surface area (Å²) in [5.74, 6) is -2.42. The van der Waals surface area contributed by atoms with Crippen molar-refractivity contribution in [2.75, 3.05) is 13.7 Å². The summed E-state index contributed by atoms with van der Waals surface area (Å²) in [5, 5.41) is 30.6. The van der Waals surface area contributed by atoms with Gasteiger partial charge in [-0.1, -0.05) is 54.6 Å². The molecule has 4 unspecified atom stereocenters. The van der Waals surface area contributed by atoms with E-state index in [0.29, 0.717) is 32.3 Å². The molecule has 0 aromatic heterocycles. The molecular weight excluding hydrogens is 436 g/mol. The van der Waals surface area contributed by atoms with E-state index >= 15 is 0 Å². The molecule has 0 bridgehead atoms. The van der Waals surface area contributed by atoms with E-state index in [1.807, 2.05) is 36.4 Å². The predicted octanol–water partition coefficient (Wildman–Crippen LogP) is 3.84. The lowest BCUT2D eigenvalue weighted by atomic mass is 9.85. The van der Waals surface area contributed by atoms with Gasteiger partial charge in [-0.3, -0.25) is 4.79 Å². The van der Waals surface area contributed by atoms with Crippen LogP contribution < -0.4 is 0 Å². The Morgan fingerprint density at radius 2 is 1.85 bits per heavy atom. The topological polar surface area (TPSA) is 113 Å². The van der Waals surface area contributed by atoms with Crippen molar-refractivity contribution in [2.24, 2.45) is 5.92 Å². The number of aliphatic carboxylic acids is 1. The average Bonchev–Trinajstić information content (AvgIpc) is 3.12. The third kappa shape index (κ3) is 6.32. The summed E-state index contributed by atoms with van der Waals surface area (Å²) in [4.78, 5) is 24.9. The van der Waals surface area contributed by atoms with Crippen LogP contribution in [0.1, 0.15) is 42.5 Å². The van der Waals surface area contributed by atoms with Crippen molar-refractivity contribution in [1.29, 1.82) is 0 Å². The van der Waals surface area contributed by atoms with Crippen molar-refractivity contribution < 1.29 is 34.4 Å². The number of carboxylic acids is 1. The van der Waals surface area contributed by atoms with Gasteiger partial charge < -0.3 is 24.8 Å². The first-order valence-corrected chi connectivity index (χ1v) is 11.5. The second-order valence-corrected chi connectivity index (χ2v) is 8.65. The lowest BCUT2D eigenvalue weighted by Crippen LogP contribution is -2.48. The number of carbonyl (C=O) groups excluding carboxylic acids is 1. The van der Waals surface area contributed by atoms with Crippen LogP contribution in [0.3, 0.4) is 0 Å². The summed E-state index contributed by atoms with van der Waals surface area (Å²) >= 11 is 0. The second kappa shape index (κ2) is 11.9. The Morgan fingerprint density at radius 3 is 2.56 bits per heavy atom. The Kier molecular flexibility index (Phi) is 8.98. The summed E-state index contributed by atoms with van der Waals surface area (Å²) in [6, 6.07) is 16.5. The van der Waals surface area contributed by atoms with Crippen molar-refractivity contribution >= 4 is 11.9 Å². The molecule has 7 heteroatoms. The summed E-state index contributed by atoms with van der Waals surface area (Å²) in [5.41, 5.74) is 0.410. The molecule has 3 N–H and O–H groups in total. The van der Waals surface area contributed by atoms with E-state index in [1.54, 1.807) is 37.5 Å². The van der Waals surface area contributed by atoms with Crippen molar-refractivity contribution in [2.45, 2.75) is 49.9 Å². The Balaban J connectivity index is 1.83. The first-order valence-electron chi connectivity index (χ1n) is 11.5. The number of aliphatic hydroxyl groups excluding tert-OH is 2. The summed E-state index contributed by atoms with van der Waals surface area (Å²) in [6.45, 7) is 0.523. The van der Waals surface area contributed by atoms with Crippen LogP contribution in [0.25, 0.3) is 11.1 Å². The highest BCUT2D eigenvalue weighted by Gasteiger charge is 2.53. The average molecular weight is 469 g/mol. The molecule has 34 heavy (non-hydrogen) atoms. The van der Waals surface area contributed by atoms with Gasteiger partial charge in [0.15, 0.2) is 5.60 Å². The number of ether oxygens (including phenoxy) is 2. The van der Waals surface area contributed by atoms with E-state index in [1.165, 1.54) is 0 Å². The number of benzene rings is 2. The highest BCUT2D eigenvalue weighted by atomic mass is 16.6. The van der Waals surface area contributed by atoms with Gasteiger partial charge in [0.2, 0.25) is 0 Å². The van der Waals surface area contributed by atoms with Crippen molar-refractivity contribution in [3.8, 4) is 11.1 Å². The molecule has 0 spiro atoms. The Hall–Kier alpha value is -3.00. The van der Waals surface area contributed by atoms with Gasteiger partial charge in [0.1, 0.15) is 0 Å². The standard InChI is InChI=1S/C27H32O7/c1-33-16-6-11-23(28)14-12-22-13-15-24(29)27(22,18-25(30)31)34-26(32)21-10-5-9-20(17-21)19-7-3-2-4-8-19/h2-5,7-10,12,14,17,22-24,28-29H,6,11,13,15-16,18H2,1H3,(H,30,31). The van der Waals surface area contributed by atoms with Crippen molar-refractivity contribution in [1.82, 2.24) is 0 Å². The first-order chi connectivity index (χ1) is 16.4. The smallest absolute Gasteiger partial charge is 0.338 e. The van der Waals surface area contributed by atoms with Gasteiger partial charge in [-0.05, 0) is 48.9 Å². The largest absolute Gasteiger partial charge is 0.481 e. The van der Waals surface area contributed by atoms with E-state index in [-0.39, 0.29) is 5.56 Å². The zero-order chi connectivity index (χ0) is 24.6. The van der Waals surface area contributed by atoms with E-state index in [9.17, 15) is 24.9 Å². The molecule has 1 aliphatic carbocycles. The lowest BCUT2D eigenvalue weighted by Gasteiger charge is -2.35. The molecule has 1 fully saturated rings. The molecule has 1 saturated carbocycles. The molecule has 3 rings (SSSR count).